The molecular formula is C12H14ClN5O. The summed E-state index contributed by atoms with van der Waals surface area (Å²) in [7, 11) is 1.52. The summed E-state index contributed by atoms with van der Waals surface area (Å²) in [6, 6.07) is 5.63. The lowest BCUT2D eigenvalue weighted by Crippen LogP contribution is -2.11. The second-order valence-electron chi connectivity index (χ2n) is 3.84. The molecule has 0 aliphatic heterocycles. The average Bonchev–Trinajstić information content (AvgIpc) is 2.42. The van der Waals surface area contributed by atoms with Crippen molar-refractivity contribution < 1.29 is 4.74 Å². The van der Waals surface area contributed by atoms with Crippen LogP contribution in [0.3, 0.4) is 0 Å². The van der Waals surface area contributed by atoms with Crippen LogP contribution in [0.1, 0.15) is 5.56 Å². The fraction of sp³-hybridized carbons (Fsp3) is 0.167. The Morgan fingerprint density at radius 1 is 1.26 bits per heavy atom. The minimum absolute atomic E-state index is 0.401. The number of halogens is 1. The van der Waals surface area contributed by atoms with Gasteiger partial charge in [0.05, 0.1) is 7.11 Å². The van der Waals surface area contributed by atoms with Crippen molar-refractivity contribution in [1.82, 2.24) is 9.97 Å². The van der Waals surface area contributed by atoms with Crippen LogP contribution in [-0.2, 0) is 0 Å². The fourth-order valence-corrected chi connectivity index (χ4v) is 1.75. The summed E-state index contributed by atoms with van der Waals surface area (Å²) in [6.07, 6.45) is 1.38. The van der Waals surface area contributed by atoms with E-state index in [-0.39, 0.29) is 0 Å². The number of nitrogens with zero attached hydrogens (tertiary/aromatic N) is 2. The van der Waals surface area contributed by atoms with Crippen LogP contribution >= 0.6 is 11.6 Å². The topological polar surface area (TPSA) is 85.1 Å². The maximum Gasteiger partial charge on any atom is 0.205 e. The highest BCUT2D eigenvalue weighted by Gasteiger charge is 2.11. The monoisotopic (exact) mass is 279 g/mol. The van der Waals surface area contributed by atoms with Gasteiger partial charge in [0.25, 0.3) is 0 Å². The van der Waals surface area contributed by atoms with E-state index in [1.807, 2.05) is 25.1 Å². The van der Waals surface area contributed by atoms with Crippen molar-refractivity contribution in [2.24, 2.45) is 5.84 Å². The molecule has 0 saturated carbocycles. The summed E-state index contributed by atoms with van der Waals surface area (Å²) in [6.45, 7) is 1.94. The van der Waals surface area contributed by atoms with Gasteiger partial charge < -0.3 is 15.5 Å². The molecule has 7 heteroatoms. The van der Waals surface area contributed by atoms with Crippen molar-refractivity contribution in [2.45, 2.75) is 6.92 Å². The first-order valence-electron chi connectivity index (χ1n) is 5.54. The largest absolute Gasteiger partial charge is 0.490 e. The zero-order valence-corrected chi connectivity index (χ0v) is 11.3. The Bertz CT molecular complexity index is 590. The second kappa shape index (κ2) is 5.73. The molecule has 0 radical (unpaired) electrons. The molecule has 0 atom stereocenters. The third-order valence-corrected chi connectivity index (χ3v) is 2.99. The molecule has 6 nitrogen and oxygen atoms in total. The molecule has 4 N–H and O–H groups in total. The number of nitrogens with two attached hydrogens (primary N) is 1. The Hall–Kier alpha value is -2.05. The van der Waals surface area contributed by atoms with Crippen LogP contribution in [0, 0.1) is 6.92 Å². The van der Waals surface area contributed by atoms with Gasteiger partial charge in [-0.3, -0.25) is 0 Å². The Kier molecular flexibility index (Phi) is 4.03. The lowest BCUT2D eigenvalue weighted by Gasteiger charge is -2.13. The predicted octanol–water partition coefficient (Wildman–Crippen LogP) is 2.48. The number of hydrogen-bond acceptors (Lipinski definition) is 6. The molecule has 1 aromatic heterocycles. The Labute approximate surface area is 115 Å². The maximum absolute atomic E-state index is 6.08. The van der Waals surface area contributed by atoms with E-state index < -0.39 is 0 Å². The molecule has 0 fully saturated rings. The lowest BCUT2D eigenvalue weighted by molar-refractivity contribution is 0.415. The number of benzene rings is 1. The standard InChI is InChI=1S/C12H14ClN5O/c1-7-3-4-8(5-9(7)13)17-11-10(19-2)12(18-14)16-6-15-11/h3-6H,14H2,1-2H3,(H2,15,16,17,18). The minimum Gasteiger partial charge on any atom is -0.490 e. The number of nitrogens with one attached hydrogen (secondary N) is 2. The molecule has 100 valence electrons. The van der Waals surface area contributed by atoms with Gasteiger partial charge in [0.1, 0.15) is 6.33 Å². The second-order valence-corrected chi connectivity index (χ2v) is 4.24. The first kappa shape index (κ1) is 13.4. The van der Waals surface area contributed by atoms with Crippen molar-refractivity contribution in [3.8, 4) is 5.75 Å². The van der Waals surface area contributed by atoms with Crippen LogP contribution in [0.2, 0.25) is 5.02 Å². The van der Waals surface area contributed by atoms with Crippen molar-refractivity contribution >= 4 is 28.9 Å². The number of nitrogen functional groups attached to an aromatic ring is 1. The average molecular weight is 280 g/mol. The summed E-state index contributed by atoms with van der Waals surface area (Å²) in [5.41, 5.74) is 4.26. The Morgan fingerprint density at radius 2 is 2.00 bits per heavy atom. The number of aromatic nitrogens is 2. The molecule has 19 heavy (non-hydrogen) atoms. The first-order valence-corrected chi connectivity index (χ1v) is 5.92. The molecule has 2 aromatic rings. The van der Waals surface area contributed by atoms with Gasteiger partial charge in [0, 0.05) is 10.7 Å². The smallest absolute Gasteiger partial charge is 0.205 e. The molecule has 0 spiro atoms. The number of hydrazine groups is 1. The summed E-state index contributed by atoms with van der Waals surface area (Å²) in [5.74, 6) is 6.70. The molecule has 0 unspecified atom stereocenters. The molecule has 1 heterocycles. The molecule has 0 saturated heterocycles. The summed E-state index contributed by atoms with van der Waals surface area (Å²) in [5, 5.41) is 3.79. The Morgan fingerprint density at radius 3 is 2.63 bits per heavy atom. The highest BCUT2D eigenvalue weighted by Crippen LogP contribution is 2.31. The van der Waals surface area contributed by atoms with Crippen molar-refractivity contribution in [3.05, 3.63) is 35.1 Å². The Balaban J connectivity index is 2.35. The molecule has 0 bridgehead atoms. The number of ether oxygens (including phenoxy) is 1. The van der Waals surface area contributed by atoms with Crippen molar-refractivity contribution in [1.29, 1.82) is 0 Å². The van der Waals surface area contributed by atoms with Crippen molar-refractivity contribution in [2.75, 3.05) is 17.9 Å². The molecule has 2 rings (SSSR count). The van der Waals surface area contributed by atoms with E-state index in [0.717, 1.165) is 11.3 Å². The van der Waals surface area contributed by atoms with Crippen molar-refractivity contribution in [3.63, 3.8) is 0 Å². The van der Waals surface area contributed by atoms with Crippen LogP contribution in [-0.4, -0.2) is 17.1 Å². The van der Waals surface area contributed by atoms with Crippen LogP contribution in [0.4, 0.5) is 17.3 Å². The van der Waals surface area contributed by atoms with E-state index in [2.05, 4.69) is 20.7 Å². The van der Waals surface area contributed by atoms with E-state index in [4.69, 9.17) is 22.2 Å². The SMILES string of the molecule is COc1c(NN)ncnc1Nc1ccc(C)c(Cl)c1. The van der Waals surface area contributed by atoms with Gasteiger partial charge in [0.15, 0.2) is 11.6 Å². The normalized spacial score (nSPS) is 10.1. The van der Waals surface area contributed by atoms with Gasteiger partial charge in [-0.25, -0.2) is 15.8 Å². The van der Waals surface area contributed by atoms with Gasteiger partial charge in [0.2, 0.25) is 5.75 Å². The van der Waals surface area contributed by atoms with Crippen LogP contribution in [0.25, 0.3) is 0 Å². The predicted molar refractivity (Wildman–Crippen MR) is 75.9 cm³/mol. The number of rotatable bonds is 4. The zero-order chi connectivity index (χ0) is 13.8. The highest BCUT2D eigenvalue weighted by atomic mass is 35.5. The summed E-state index contributed by atoms with van der Waals surface area (Å²) >= 11 is 6.08. The third-order valence-electron chi connectivity index (χ3n) is 2.58. The van der Waals surface area contributed by atoms with Gasteiger partial charge in [-0.1, -0.05) is 17.7 Å². The number of anilines is 3. The highest BCUT2D eigenvalue weighted by molar-refractivity contribution is 6.31. The van der Waals surface area contributed by atoms with E-state index in [1.54, 1.807) is 0 Å². The van der Waals surface area contributed by atoms with E-state index in [9.17, 15) is 0 Å². The van der Waals surface area contributed by atoms with Gasteiger partial charge in [-0.15, -0.1) is 0 Å². The number of aryl methyl sites for hydroxylation is 1. The minimum atomic E-state index is 0.401. The van der Waals surface area contributed by atoms with Crippen LogP contribution < -0.4 is 21.3 Å². The fourth-order valence-electron chi connectivity index (χ4n) is 1.57. The number of hydrogen-bond donors (Lipinski definition) is 3. The summed E-state index contributed by atoms with van der Waals surface area (Å²) < 4.78 is 5.23. The molecule has 0 amide bonds. The molecule has 0 aliphatic carbocycles. The molecule has 1 aromatic carbocycles. The molecule has 0 aliphatic rings. The number of methoxy groups -OCH3 is 1. The van der Waals surface area contributed by atoms with Gasteiger partial charge in [-0.05, 0) is 24.6 Å². The van der Waals surface area contributed by atoms with E-state index in [0.29, 0.717) is 22.4 Å². The van der Waals surface area contributed by atoms with E-state index in [1.165, 1.54) is 13.4 Å². The first-order chi connectivity index (χ1) is 9.15. The molecular weight excluding hydrogens is 266 g/mol. The maximum atomic E-state index is 6.08. The van der Waals surface area contributed by atoms with Crippen LogP contribution in [0.15, 0.2) is 24.5 Å². The zero-order valence-electron chi connectivity index (χ0n) is 10.6. The summed E-state index contributed by atoms with van der Waals surface area (Å²) in [4.78, 5) is 8.08. The van der Waals surface area contributed by atoms with Crippen LogP contribution in [0.5, 0.6) is 5.75 Å². The van der Waals surface area contributed by atoms with Gasteiger partial charge >= 0.3 is 0 Å². The lowest BCUT2D eigenvalue weighted by atomic mass is 10.2. The van der Waals surface area contributed by atoms with Gasteiger partial charge in [-0.2, -0.15) is 0 Å². The third kappa shape index (κ3) is 2.86. The quantitative estimate of drug-likeness (QED) is 0.589. The van der Waals surface area contributed by atoms with E-state index >= 15 is 0 Å².